The lowest BCUT2D eigenvalue weighted by molar-refractivity contribution is 0.315. The molecule has 1 aromatic carbocycles. The van der Waals surface area contributed by atoms with Crippen molar-refractivity contribution in [1.82, 2.24) is 25.5 Å². The Bertz CT molecular complexity index is 577. The quantitative estimate of drug-likeness (QED) is 0.897. The van der Waals surface area contributed by atoms with E-state index in [9.17, 15) is 0 Å². The number of rotatable bonds is 5. The van der Waals surface area contributed by atoms with Gasteiger partial charge in [0.05, 0.1) is 7.11 Å². The highest BCUT2D eigenvalue weighted by atomic mass is 16.5. The smallest absolute Gasteiger partial charge is 0.155 e. The van der Waals surface area contributed by atoms with Gasteiger partial charge in [0.15, 0.2) is 5.82 Å². The molecular weight excluding hydrogens is 266 g/mol. The first-order valence-electron chi connectivity index (χ1n) is 7.44. The van der Waals surface area contributed by atoms with E-state index in [1.54, 1.807) is 7.11 Å². The van der Waals surface area contributed by atoms with E-state index in [1.165, 1.54) is 12.8 Å². The van der Waals surface area contributed by atoms with Gasteiger partial charge in [0.2, 0.25) is 0 Å². The summed E-state index contributed by atoms with van der Waals surface area (Å²) in [5.74, 6) is 2.44. The highest BCUT2D eigenvalue weighted by Gasteiger charge is 2.17. The number of nitrogens with zero attached hydrogens (tertiary/aromatic N) is 4. The molecule has 3 rings (SSSR count). The number of aromatic nitrogens is 4. The first-order valence-corrected chi connectivity index (χ1v) is 7.44. The number of nitrogens with one attached hydrogen (secondary N) is 1. The van der Waals surface area contributed by atoms with Crippen LogP contribution in [-0.4, -0.2) is 40.4 Å². The Morgan fingerprint density at radius 1 is 1.29 bits per heavy atom. The van der Waals surface area contributed by atoms with Crippen LogP contribution in [0.25, 0.3) is 0 Å². The van der Waals surface area contributed by atoms with Gasteiger partial charge in [-0.2, -0.15) is 0 Å². The summed E-state index contributed by atoms with van der Waals surface area (Å²) >= 11 is 0. The Kier molecular flexibility index (Phi) is 4.45. The van der Waals surface area contributed by atoms with Gasteiger partial charge in [-0.25, -0.2) is 4.68 Å². The molecule has 0 saturated carbocycles. The number of para-hydroxylation sites is 1. The molecule has 6 nitrogen and oxygen atoms in total. The van der Waals surface area contributed by atoms with E-state index in [1.807, 2.05) is 22.9 Å². The van der Waals surface area contributed by atoms with Gasteiger partial charge in [-0.1, -0.05) is 18.2 Å². The SMILES string of the molecule is COc1ccccc1Cc1nnnn1CC1CCNCC1. The molecule has 1 fully saturated rings. The second-order valence-corrected chi connectivity index (χ2v) is 5.46. The fraction of sp³-hybridized carbons (Fsp3) is 0.533. The van der Waals surface area contributed by atoms with E-state index in [2.05, 4.69) is 26.9 Å². The van der Waals surface area contributed by atoms with Crippen molar-refractivity contribution in [2.45, 2.75) is 25.8 Å². The van der Waals surface area contributed by atoms with Gasteiger partial charge < -0.3 is 10.1 Å². The molecule has 0 radical (unpaired) electrons. The van der Waals surface area contributed by atoms with E-state index in [0.29, 0.717) is 12.3 Å². The van der Waals surface area contributed by atoms with Crippen LogP contribution in [0.1, 0.15) is 24.2 Å². The van der Waals surface area contributed by atoms with Crippen LogP contribution < -0.4 is 10.1 Å². The van der Waals surface area contributed by atoms with Crippen molar-refractivity contribution in [3.63, 3.8) is 0 Å². The Morgan fingerprint density at radius 3 is 2.90 bits per heavy atom. The second kappa shape index (κ2) is 6.67. The van der Waals surface area contributed by atoms with Gasteiger partial charge in [0.1, 0.15) is 5.75 Å². The van der Waals surface area contributed by atoms with Crippen LogP contribution in [0.15, 0.2) is 24.3 Å². The topological polar surface area (TPSA) is 64.9 Å². The zero-order valence-corrected chi connectivity index (χ0v) is 12.3. The minimum atomic E-state index is 0.658. The lowest BCUT2D eigenvalue weighted by Gasteiger charge is -2.22. The molecule has 0 unspecified atom stereocenters. The molecule has 2 heterocycles. The third kappa shape index (κ3) is 3.39. The van der Waals surface area contributed by atoms with Crippen LogP contribution >= 0.6 is 0 Å². The summed E-state index contributed by atoms with van der Waals surface area (Å²) in [6, 6.07) is 8.01. The summed E-state index contributed by atoms with van der Waals surface area (Å²) in [7, 11) is 1.69. The molecule has 112 valence electrons. The van der Waals surface area contributed by atoms with Crippen molar-refractivity contribution in [2.75, 3.05) is 20.2 Å². The molecular formula is C15H21N5O. The van der Waals surface area contributed by atoms with E-state index in [-0.39, 0.29) is 0 Å². The van der Waals surface area contributed by atoms with Crippen LogP contribution in [0.3, 0.4) is 0 Å². The van der Waals surface area contributed by atoms with Crippen molar-refractivity contribution in [1.29, 1.82) is 0 Å². The van der Waals surface area contributed by atoms with Gasteiger partial charge in [-0.15, -0.1) is 5.10 Å². The molecule has 21 heavy (non-hydrogen) atoms. The fourth-order valence-electron chi connectivity index (χ4n) is 2.82. The number of hydrogen-bond donors (Lipinski definition) is 1. The maximum Gasteiger partial charge on any atom is 0.155 e. The van der Waals surface area contributed by atoms with E-state index >= 15 is 0 Å². The zero-order chi connectivity index (χ0) is 14.5. The van der Waals surface area contributed by atoms with E-state index < -0.39 is 0 Å². The summed E-state index contributed by atoms with van der Waals surface area (Å²) in [6.45, 7) is 3.09. The van der Waals surface area contributed by atoms with E-state index in [4.69, 9.17) is 4.74 Å². The van der Waals surface area contributed by atoms with Crippen LogP contribution in [0, 0.1) is 5.92 Å². The summed E-state index contributed by atoms with van der Waals surface area (Å²) in [4.78, 5) is 0. The monoisotopic (exact) mass is 287 g/mol. The summed E-state index contributed by atoms with van der Waals surface area (Å²) in [5.41, 5.74) is 1.11. The Balaban J connectivity index is 1.72. The van der Waals surface area contributed by atoms with Crippen LogP contribution in [0.5, 0.6) is 5.75 Å². The molecule has 0 aliphatic carbocycles. The third-order valence-electron chi connectivity index (χ3n) is 4.04. The maximum absolute atomic E-state index is 5.40. The van der Waals surface area contributed by atoms with Gasteiger partial charge in [-0.3, -0.25) is 0 Å². The van der Waals surface area contributed by atoms with Crippen LogP contribution in [0.4, 0.5) is 0 Å². The second-order valence-electron chi connectivity index (χ2n) is 5.46. The van der Waals surface area contributed by atoms with Gasteiger partial charge >= 0.3 is 0 Å². The van der Waals surface area contributed by atoms with Gasteiger partial charge in [-0.05, 0) is 48.3 Å². The molecule has 1 saturated heterocycles. The number of tetrazole rings is 1. The average molecular weight is 287 g/mol. The third-order valence-corrected chi connectivity index (χ3v) is 4.04. The maximum atomic E-state index is 5.40. The number of methoxy groups -OCH3 is 1. The summed E-state index contributed by atoms with van der Waals surface area (Å²) < 4.78 is 7.34. The largest absolute Gasteiger partial charge is 0.496 e. The minimum Gasteiger partial charge on any atom is -0.496 e. The molecule has 1 aromatic heterocycles. The highest BCUT2D eigenvalue weighted by molar-refractivity contribution is 5.35. The Labute approximate surface area is 124 Å². The highest BCUT2D eigenvalue weighted by Crippen LogP contribution is 2.21. The molecule has 1 N–H and O–H groups in total. The summed E-state index contributed by atoms with van der Waals surface area (Å²) in [6.07, 6.45) is 3.07. The molecule has 0 bridgehead atoms. The molecule has 6 heteroatoms. The molecule has 0 atom stereocenters. The van der Waals surface area contributed by atoms with Crippen molar-refractivity contribution >= 4 is 0 Å². The number of benzene rings is 1. The predicted molar refractivity (Wildman–Crippen MR) is 79.2 cm³/mol. The predicted octanol–water partition coefficient (Wildman–Crippen LogP) is 1.27. The zero-order valence-electron chi connectivity index (χ0n) is 12.3. The van der Waals surface area contributed by atoms with Crippen molar-refractivity contribution in [2.24, 2.45) is 5.92 Å². The number of hydrogen-bond acceptors (Lipinski definition) is 5. The van der Waals surface area contributed by atoms with Crippen LogP contribution in [-0.2, 0) is 13.0 Å². The van der Waals surface area contributed by atoms with Gasteiger partial charge in [0, 0.05) is 18.5 Å². The lowest BCUT2D eigenvalue weighted by atomic mass is 9.98. The molecule has 0 amide bonds. The fourth-order valence-corrected chi connectivity index (χ4v) is 2.82. The lowest BCUT2D eigenvalue weighted by Crippen LogP contribution is -2.30. The molecule has 0 spiro atoms. The normalized spacial score (nSPS) is 16.0. The number of piperidine rings is 1. The Morgan fingerprint density at radius 2 is 2.10 bits per heavy atom. The molecule has 2 aromatic rings. The van der Waals surface area contributed by atoms with Crippen molar-refractivity contribution in [3.8, 4) is 5.75 Å². The standard InChI is InChI=1S/C15H21N5O/c1-21-14-5-3-2-4-13(14)10-15-17-18-19-20(15)11-12-6-8-16-9-7-12/h2-5,12,16H,6-11H2,1H3. The summed E-state index contributed by atoms with van der Waals surface area (Å²) in [5, 5.41) is 15.6. The molecule has 1 aliphatic rings. The van der Waals surface area contributed by atoms with E-state index in [0.717, 1.165) is 36.8 Å². The average Bonchev–Trinajstić information content (AvgIpc) is 2.96. The van der Waals surface area contributed by atoms with Gasteiger partial charge in [0.25, 0.3) is 0 Å². The van der Waals surface area contributed by atoms with Crippen molar-refractivity contribution < 1.29 is 4.74 Å². The number of ether oxygens (including phenoxy) is 1. The minimum absolute atomic E-state index is 0.658. The first kappa shape index (κ1) is 14.0. The van der Waals surface area contributed by atoms with Crippen molar-refractivity contribution in [3.05, 3.63) is 35.7 Å². The first-order chi connectivity index (χ1) is 10.4. The molecule has 1 aliphatic heterocycles. The Hall–Kier alpha value is -1.95. The van der Waals surface area contributed by atoms with Crippen LogP contribution in [0.2, 0.25) is 0 Å².